The van der Waals surface area contributed by atoms with Crippen molar-refractivity contribution in [3.05, 3.63) is 56.9 Å². The van der Waals surface area contributed by atoms with Crippen molar-refractivity contribution in [3.63, 3.8) is 0 Å². The number of rotatable bonds is 7. The van der Waals surface area contributed by atoms with Crippen molar-refractivity contribution in [1.29, 1.82) is 0 Å². The number of nitrogens with zero attached hydrogens (tertiary/aromatic N) is 3. The van der Waals surface area contributed by atoms with Gasteiger partial charge in [-0.3, -0.25) is 9.36 Å². The van der Waals surface area contributed by atoms with Gasteiger partial charge in [-0.05, 0) is 43.4 Å². The maximum atomic E-state index is 13.4. The van der Waals surface area contributed by atoms with Crippen molar-refractivity contribution in [2.45, 2.75) is 37.2 Å². The van der Waals surface area contributed by atoms with E-state index in [4.69, 9.17) is 4.74 Å². The van der Waals surface area contributed by atoms with E-state index < -0.39 is 26.2 Å². The maximum Gasteiger partial charge on any atom is 0.330 e. The molecule has 0 N–H and O–H groups in total. The molecule has 1 aliphatic carbocycles. The molecule has 3 rings (SSSR count). The van der Waals surface area contributed by atoms with E-state index in [0.717, 1.165) is 33.7 Å². The molecule has 1 saturated carbocycles. The number of methoxy groups -OCH3 is 1. The molecule has 0 radical (unpaired) electrons. The second-order valence-electron chi connectivity index (χ2n) is 7.23. The Balaban J connectivity index is 2.06. The Labute approximate surface area is 164 Å². The highest BCUT2D eigenvalue weighted by Crippen LogP contribution is 2.37. The molecule has 1 fully saturated rings. The van der Waals surface area contributed by atoms with E-state index in [0.29, 0.717) is 5.75 Å². The van der Waals surface area contributed by atoms with Crippen molar-refractivity contribution in [2.24, 2.45) is 20.0 Å². The highest BCUT2D eigenvalue weighted by molar-refractivity contribution is 7.89. The van der Waals surface area contributed by atoms with Crippen LogP contribution in [0.1, 0.15) is 25.3 Å². The SMILES string of the molecule is COc1ccc(CN(C(C)C2CC2)S(=O)(=O)c2cn(C)c(=O)n(C)c2=O)cc1. The minimum Gasteiger partial charge on any atom is -0.497 e. The minimum absolute atomic E-state index is 0.135. The first-order chi connectivity index (χ1) is 13.2. The van der Waals surface area contributed by atoms with Crippen LogP contribution in [0.2, 0.25) is 0 Å². The number of benzene rings is 1. The molecule has 2 aromatic rings. The summed E-state index contributed by atoms with van der Waals surface area (Å²) in [5.41, 5.74) is -0.592. The normalized spacial score (nSPS) is 15.6. The van der Waals surface area contributed by atoms with E-state index in [-0.39, 0.29) is 18.5 Å². The fourth-order valence-electron chi connectivity index (χ4n) is 3.25. The topological polar surface area (TPSA) is 90.6 Å². The lowest BCUT2D eigenvalue weighted by Gasteiger charge is -2.28. The van der Waals surface area contributed by atoms with Crippen molar-refractivity contribution in [1.82, 2.24) is 13.4 Å². The zero-order chi connectivity index (χ0) is 20.6. The van der Waals surface area contributed by atoms with Gasteiger partial charge in [0.15, 0.2) is 4.90 Å². The van der Waals surface area contributed by atoms with E-state index in [1.165, 1.54) is 18.4 Å². The van der Waals surface area contributed by atoms with Gasteiger partial charge < -0.3 is 9.30 Å². The minimum atomic E-state index is -4.10. The Morgan fingerprint density at radius 1 is 1.18 bits per heavy atom. The molecule has 1 aliphatic rings. The Hall–Kier alpha value is -2.39. The summed E-state index contributed by atoms with van der Waals surface area (Å²) in [5.74, 6) is 0.949. The van der Waals surface area contributed by atoms with Crippen LogP contribution in [0.25, 0.3) is 0 Å². The smallest absolute Gasteiger partial charge is 0.330 e. The van der Waals surface area contributed by atoms with Crippen molar-refractivity contribution >= 4 is 10.0 Å². The third-order valence-corrected chi connectivity index (χ3v) is 7.17. The molecule has 1 aromatic heterocycles. The number of hydrogen-bond donors (Lipinski definition) is 0. The molecule has 1 unspecified atom stereocenters. The first-order valence-corrected chi connectivity index (χ1v) is 10.5. The molecular weight excluding hydrogens is 382 g/mol. The van der Waals surface area contributed by atoms with Gasteiger partial charge in [0.05, 0.1) is 7.11 Å². The zero-order valence-electron chi connectivity index (χ0n) is 16.5. The van der Waals surface area contributed by atoms with E-state index in [1.54, 1.807) is 31.4 Å². The first kappa shape index (κ1) is 20.3. The molecule has 1 aromatic carbocycles. The molecule has 9 heteroatoms. The molecule has 0 spiro atoms. The van der Waals surface area contributed by atoms with Crippen LogP contribution in [0.4, 0.5) is 0 Å². The molecule has 0 aliphatic heterocycles. The molecule has 1 heterocycles. The highest BCUT2D eigenvalue weighted by Gasteiger charge is 2.39. The number of sulfonamides is 1. The average Bonchev–Trinajstić information content (AvgIpc) is 3.52. The summed E-state index contributed by atoms with van der Waals surface area (Å²) in [4.78, 5) is 24.1. The van der Waals surface area contributed by atoms with Gasteiger partial charge in [-0.25, -0.2) is 13.2 Å². The monoisotopic (exact) mass is 407 g/mol. The van der Waals surface area contributed by atoms with Crippen LogP contribution >= 0.6 is 0 Å². The van der Waals surface area contributed by atoms with Gasteiger partial charge in [-0.1, -0.05) is 12.1 Å². The summed E-state index contributed by atoms with van der Waals surface area (Å²) < 4.78 is 35.3. The standard InChI is InChI=1S/C19H25N3O5S/c1-13(15-7-8-15)22(11-14-5-9-16(27-4)10-6-14)28(25,26)17-12-20(2)19(24)21(3)18(17)23/h5-6,9-10,12-13,15H,7-8,11H2,1-4H3. The van der Waals surface area contributed by atoms with Crippen LogP contribution in [0.15, 0.2) is 44.9 Å². The lowest BCUT2D eigenvalue weighted by atomic mass is 10.1. The van der Waals surface area contributed by atoms with E-state index in [9.17, 15) is 18.0 Å². The molecule has 28 heavy (non-hydrogen) atoms. The third kappa shape index (κ3) is 3.77. The predicted octanol–water partition coefficient (Wildman–Crippen LogP) is 1.08. The van der Waals surface area contributed by atoms with Crippen LogP contribution in [0, 0.1) is 5.92 Å². The zero-order valence-corrected chi connectivity index (χ0v) is 17.3. The Kier molecular flexibility index (Phi) is 5.49. The quantitative estimate of drug-likeness (QED) is 0.685. The summed E-state index contributed by atoms with van der Waals surface area (Å²) in [6, 6.07) is 6.90. The lowest BCUT2D eigenvalue weighted by Crippen LogP contribution is -2.45. The van der Waals surface area contributed by atoms with Gasteiger partial charge in [0, 0.05) is 32.9 Å². The van der Waals surface area contributed by atoms with Crippen molar-refractivity contribution < 1.29 is 13.2 Å². The summed E-state index contributed by atoms with van der Waals surface area (Å²) in [6.45, 7) is 2.00. The predicted molar refractivity (Wildman–Crippen MR) is 105 cm³/mol. The molecular formula is C19H25N3O5S. The maximum absolute atomic E-state index is 13.4. The number of aryl methyl sites for hydroxylation is 1. The Bertz CT molecular complexity index is 1080. The second-order valence-corrected chi connectivity index (χ2v) is 9.09. The van der Waals surface area contributed by atoms with Crippen LogP contribution in [0.5, 0.6) is 5.75 Å². The van der Waals surface area contributed by atoms with Crippen LogP contribution in [-0.4, -0.2) is 35.0 Å². The van der Waals surface area contributed by atoms with Gasteiger partial charge >= 0.3 is 5.69 Å². The largest absolute Gasteiger partial charge is 0.497 e. The second kappa shape index (κ2) is 7.56. The average molecular weight is 407 g/mol. The molecule has 0 bridgehead atoms. The van der Waals surface area contributed by atoms with Gasteiger partial charge in [0.2, 0.25) is 0 Å². The lowest BCUT2D eigenvalue weighted by molar-refractivity contribution is 0.302. The Morgan fingerprint density at radius 2 is 1.79 bits per heavy atom. The number of aromatic nitrogens is 2. The van der Waals surface area contributed by atoms with E-state index >= 15 is 0 Å². The van der Waals surface area contributed by atoms with Gasteiger partial charge in [0.25, 0.3) is 15.6 Å². The molecule has 0 amide bonds. The number of ether oxygens (including phenoxy) is 1. The fraction of sp³-hybridized carbons (Fsp3) is 0.474. The fourth-order valence-corrected chi connectivity index (χ4v) is 5.08. The van der Waals surface area contributed by atoms with Gasteiger partial charge in [-0.15, -0.1) is 0 Å². The van der Waals surface area contributed by atoms with Crippen LogP contribution in [-0.2, 0) is 30.7 Å². The van der Waals surface area contributed by atoms with Crippen LogP contribution in [0.3, 0.4) is 0 Å². The molecule has 152 valence electrons. The van der Waals surface area contributed by atoms with E-state index in [1.807, 2.05) is 6.92 Å². The third-order valence-electron chi connectivity index (χ3n) is 5.26. The van der Waals surface area contributed by atoms with Crippen molar-refractivity contribution in [2.75, 3.05) is 7.11 Å². The molecule has 8 nitrogen and oxygen atoms in total. The first-order valence-electron chi connectivity index (χ1n) is 9.08. The van der Waals surface area contributed by atoms with Gasteiger partial charge in [-0.2, -0.15) is 4.31 Å². The molecule has 1 atom stereocenters. The molecule has 0 saturated heterocycles. The summed E-state index contributed by atoms with van der Waals surface area (Å²) in [5, 5.41) is 0. The summed E-state index contributed by atoms with van der Waals surface area (Å²) in [7, 11) is 0.172. The Morgan fingerprint density at radius 3 is 2.32 bits per heavy atom. The number of hydrogen-bond acceptors (Lipinski definition) is 5. The van der Waals surface area contributed by atoms with Gasteiger partial charge in [0.1, 0.15) is 5.75 Å². The highest BCUT2D eigenvalue weighted by atomic mass is 32.2. The van der Waals surface area contributed by atoms with E-state index in [2.05, 4.69) is 0 Å². The van der Waals surface area contributed by atoms with Crippen LogP contribution < -0.4 is 16.0 Å². The summed E-state index contributed by atoms with van der Waals surface area (Å²) in [6.07, 6.45) is 3.03. The summed E-state index contributed by atoms with van der Waals surface area (Å²) >= 11 is 0. The van der Waals surface area contributed by atoms with Crippen molar-refractivity contribution in [3.8, 4) is 5.75 Å².